The van der Waals surface area contributed by atoms with Crippen LogP contribution in [0.2, 0.25) is 0 Å². The van der Waals surface area contributed by atoms with E-state index in [1.807, 2.05) is 25.6 Å². The normalized spacial score (nSPS) is 15.2. The number of likely N-dealkylation sites (tertiary alicyclic amines) is 1. The minimum absolute atomic E-state index is 0.0293. The number of aliphatic carboxylic acids is 1. The van der Waals surface area contributed by atoms with Gasteiger partial charge in [0.1, 0.15) is 0 Å². The van der Waals surface area contributed by atoms with E-state index in [1.54, 1.807) is 11.9 Å². The predicted molar refractivity (Wildman–Crippen MR) is 95.6 cm³/mol. The number of hydrogen-bond acceptors (Lipinski definition) is 4. The van der Waals surface area contributed by atoms with Gasteiger partial charge in [-0.1, -0.05) is 0 Å². The molecule has 1 aromatic heterocycles. The number of nitrogens with zero attached hydrogens (tertiary/aromatic N) is 4. The fourth-order valence-electron chi connectivity index (χ4n) is 3.37. The van der Waals surface area contributed by atoms with Gasteiger partial charge in [0.2, 0.25) is 11.8 Å². The van der Waals surface area contributed by atoms with E-state index in [-0.39, 0.29) is 24.3 Å². The maximum Gasteiger partial charge on any atom is 0.306 e. The summed E-state index contributed by atoms with van der Waals surface area (Å²) in [5, 5.41) is 13.4. The van der Waals surface area contributed by atoms with Crippen LogP contribution in [-0.4, -0.2) is 69.2 Å². The summed E-state index contributed by atoms with van der Waals surface area (Å²) in [6.07, 6.45) is 1.88. The van der Waals surface area contributed by atoms with E-state index in [2.05, 4.69) is 5.10 Å². The number of amides is 2. The van der Waals surface area contributed by atoms with Crippen molar-refractivity contribution in [2.45, 2.75) is 39.5 Å². The third kappa shape index (κ3) is 4.62. The van der Waals surface area contributed by atoms with E-state index >= 15 is 0 Å². The van der Waals surface area contributed by atoms with Crippen molar-refractivity contribution in [1.82, 2.24) is 19.6 Å². The molecule has 0 unspecified atom stereocenters. The highest BCUT2D eigenvalue weighted by Crippen LogP contribution is 2.18. The fourth-order valence-corrected chi connectivity index (χ4v) is 3.37. The van der Waals surface area contributed by atoms with Crippen molar-refractivity contribution < 1.29 is 19.5 Å². The van der Waals surface area contributed by atoms with Crippen LogP contribution in [0.15, 0.2) is 0 Å². The summed E-state index contributed by atoms with van der Waals surface area (Å²) in [5.41, 5.74) is 3.06. The second kappa shape index (κ2) is 8.33. The molecule has 0 aromatic carbocycles. The first-order valence-corrected chi connectivity index (χ1v) is 8.94. The lowest BCUT2D eigenvalue weighted by Crippen LogP contribution is -2.45. The molecule has 0 spiro atoms. The summed E-state index contributed by atoms with van der Waals surface area (Å²) in [6, 6.07) is 0. The van der Waals surface area contributed by atoms with Crippen LogP contribution in [0.3, 0.4) is 0 Å². The minimum Gasteiger partial charge on any atom is -0.481 e. The molecule has 0 saturated carbocycles. The lowest BCUT2D eigenvalue weighted by Gasteiger charge is -2.31. The van der Waals surface area contributed by atoms with Gasteiger partial charge in [-0.2, -0.15) is 5.10 Å². The van der Waals surface area contributed by atoms with E-state index in [1.165, 1.54) is 4.90 Å². The zero-order valence-corrected chi connectivity index (χ0v) is 16.0. The van der Waals surface area contributed by atoms with Crippen molar-refractivity contribution >= 4 is 17.8 Å². The molecule has 26 heavy (non-hydrogen) atoms. The molecule has 1 N–H and O–H groups in total. The molecular weight excluding hydrogens is 336 g/mol. The Kier molecular flexibility index (Phi) is 6.39. The Labute approximate surface area is 153 Å². The monoisotopic (exact) mass is 364 g/mol. The highest BCUT2D eigenvalue weighted by molar-refractivity contribution is 5.85. The fraction of sp³-hybridized carbons (Fsp3) is 0.667. The van der Waals surface area contributed by atoms with Crippen molar-refractivity contribution in [1.29, 1.82) is 0 Å². The maximum absolute atomic E-state index is 12.4. The summed E-state index contributed by atoms with van der Waals surface area (Å²) in [7, 11) is 3.51. The topological polar surface area (TPSA) is 95.7 Å². The lowest BCUT2D eigenvalue weighted by atomic mass is 9.97. The van der Waals surface area contributed by atoms with Gasteiger partial charge in [-0.3, -0.25) is 19.1 Å². The van der Waals surface area contributed by atoms with E-state index < -0.39 is 5.97 Å². The first kappa shape index (κ1) is 19.9. The van der Waals surface area contributed by atoms with E-state index in [0.717, 1.165) is 17.0 Å². The highest BCUT2D eigenvalue weighted by atomic mass is 16.4. The van der Waals surface area contributed by atoms with Crippen molar-refractivity contribution in [3.8, 4) is 0 Å². The van der Waals surface area contributed by atoms with Crippen molar-refractivity contribution in [3.05, 3.63) is 17.0 Å². The molecule has 2 heterocycles. The number of piperidine rings is 1. The average Bonchev–Trinajstić information content (AvgIpc) is 2.84. The van der Waals surface area contributed by atoms with Crippen LogP contribution in [0.1, 0.15) is 36.2 Å². The molecule has 1 fully saturated rings. The van der Waals surface area contributed by atoms with E-state index in [0.29, 0.717) is 38.8 Å². The number of rotatable bonds is 6. The molecule has 0 radical (unpaired) electrons. The maximum atomic E-state index is 12.4. The van der Waals surface area contributed by atoms with Crippen LogP contribution < -0.4 is 0 Å². The number of aryl methyl sites for hydroxylation is 2. The van der Waals surface area contributed by atoms with Gasteiger partial charge in [-0.05, 0) is 38.7 Å². The molecule has 8 nitrogen and oxygen atoms in total. The Bertz CT molecular complexity index is 690. The van der Waals surface area contributed by atoms with Crippen LogP contribution in [0, 0.1) is 19.8 Å². The molecule has 0 aliphatic carbocycles. The number of likely N-dealkylation sites (N-methyl/N-ethyl adjacent to an activating group) is 1. The van der Waals surface area contributed by atoms with Crippen LogP contribution in [0.25, 0.3) is 0 Å². The molecule has 1 saturated heterocycles. The Balaban J connectivity index is 1.81. The molecular formula is C18H28N4O4. The van der Waals surface area contributed by atoms with Crippen LogP contribution in [0.4, 0.5) is 0 Å². The summed E-state index contributed by atoms with van der Waals surface area (Å²) < 4.78 is 1.81. The number of carboxylic acids is 1. The van der Waals surface area contributed by atoms with Gasteiger partial charge in [-0.15, -0.1) is 0 Å². The van der Waals surface area contributed by atoms with Crippen LogP contribution in [-0.2, 0) is 27.9 Å². The van der Waals surface area contributed by atoms with E-state index in [9.17, 15) is 14.4 Å². The Morgan fingerprint density at radius 3 is 2.35 bits per heavy atom. The lowest BCUT2D eigenvalue weighted by molar-refractivity contribution is -0.146. The molecule has 2 amide bonds. The number of aromatic nitrogens is 2. The smallest absolute Gasteiger partial charge is 0.306 e. The number of carbonyl (C=O) groups is 3. The predicted octanol–water partition coefficient (Wildman–Crippen LogP) is 0.751. The highest BCUT2D eigenvalue weighted by Gasteiger charge is 2.27. The molecule has 0 bridgehead atoms. The number of carboxylic acid groups (broad SMARTS) is 1. The Morgan fingerprint density at radius 1 is 1.23 bits per heavy atom. The third-order valence-electron chi connectivity index (χ3n) is 5.24. The zero-order valence-electron chi connectivity index (χ0n) is 16.0. The Morgan fingerprint density at radius 2 is 1.85 bits per heavy atom. The molecule has 2 rings (SSSR count). The second-order valence-electron chi connectivity index (χ2n) is 7.02. The summed E-state index contributed by atoms with van der Waals surface area (Å²) in [6.45, 7) is 4.81. The van der Waals surface area contributed by atoms with Gasteiger partial charge in [0.05, 0.1) is 18.2 Å². The number of carbonyl (C=O) groups excluding carboxylic acids is 2. The quantitative estimate of drug-likeness (QED) is 0.804. The second-order valence-corrected chi connectivity index (χ2v) is 7.02. The summed E-state index contributed by atoms with van der Waals surface area (Å²) in [4.78, 5) is 38.8. The van der Waals surface area contributed by atoms with Gasteiger partial charge in [0.25, 0.3) is 0 Å². The summed E-state index contributed by atoms with van der Waals surface area (Å²) >= 11 is 0. The molecule has 8 heteroatoms. The van der Waals surface area contributed by atoms with Crippen molar-refractivity contribution in [2.75, 3.05) is 26.7 Å². The van der Waals surface area contributed by atoms with Gasteiger partial charge in [0.15, 0.2) is 0 Å². The van der Waals surface area contributed by atoms with Crippen LogP contribution in [0.5, 0.6) is 0 Å². The zero-order chi connectivity index (χ0) is 19.4. The third-order valence-corrected chi connectivity index (χ3v) is 5.24. The van der Waals surface area contributed by atoms with Crippen LogP contribution >= 0.6 is 0 Å². The summed E-state index contributed by atoms with van der Waals surface area (Å²) in [5.74, 6) is -1.38. The van der Waals surface area contributed by atoms with Gasteiger partial charge in [0, 0.05) is 39.3 Å². The molecule has 1 aliphatic rings. The molecule has 0 atom stereocenters. The standard InChI is InChI=1S/C18H28N4O4/c1-12-15(13(2)21(4)19-12)5-6-16(23)20(3)11-17(24)22-9-7-14(8-10-22)18(25)26/h14H,5-11H2,1-4H3,(H,25,26). The molecule has 1 aliphatic heterocycles. The molecule has 1 aromatic rings. The minimum atomic E-state index is -0.801. The molecule has 144 valence electrons. The first-order valence-electron chi connectivity index (χ1n) is 8.94. The van der Waals surface area contributed by atoms with Gasteiger partial charge < -0.3 is 14.9 Å². The Hall–Kier alpha value is -2.38. The van der Waals surface area contributed by atoms with Gasteiger partial charge in [-0.25, -0.2) is 0 Å². The average molecular weight is 364 g/mol. The first-order chi connectivity index (χ1) is 12.2. The van der Waals surface area contributed by atoms with E-state index in [4.69, 9.17) is 5.11 Å². The number of hydrogen-bond donors (Lipinski definition) is 1. The SMILES string of the molecule is Cc1nn(C)c(C)c1CCC(=O)N(C)CC(=O)N1CCC(C(=O)O)CC1. The van der Waals surface area contributed by atoms with Crippen molar-refractivity contribution in [3.63, 3.8) is 0 Å². The van der Waals surface area contributed by atoms with Crippen molar-refractivity contribution in [2.24, 2.45) is 13.0 Å². The largest absolute Gasteiger partial charge is 0.481 e. The van der Waals surface area contributed by atoms with Gasteiger partial charge >= 0.3 is 5.97 Å².